The Morgan fingerprint density at radius 2 is 1.81 bits per heavy atom. The van der Waals surface area contributed by atoms with E-state index in [9.17, 15) is 13.6 Å². The molecule has 1 aliphatic heterocycles. The fourth-order valence-electron chi connectivity index (χ4n) is 4.23. The molecule has 2 aliphatic rings. The van der Waals surface area contributed by atoms with E-state index in [1.165, 1.54) is 18.2 Å². The Bertz CT molecular complexity index is 597. The molecule has 1 heterocycles. The maximum Gasteiger partial charge on any atom is 0.237 e. The summed E-state index contributed by atoms with van der Waals surface area (Å²) in [4.78, 5) is 12.5. The minimum absolute atomic E-state index is 0. The van der Waals surface area contributed by atoms with Crippen LogP contribution in [0.25, 0.3) is 0 Å². The molecule has 1 atom stereocenters. The van der Waals surface area contributed by atoms with Crippen molar-refractivity contribution in [2.45, 2.75) is 50.0 Å². The number of hydrogen-bond acceptors (Lipinski definition) is 3. The largest absolute Gasteiger partial charge is 0.381 e. The van der Waals surface area contributed by atoms with Gasteiger partial charge in [0.05, 0.1) is 6.04 Å². The summed E-state index contributed by atoms with van der Waals surface area (Å²) in [5, 5.41) is 2.88. The molecule has 2 fully saturated rings. The lowest BCUT2D eigenvalue weighted by Gasteiger charge is -2.32. The Morgan fingerprint density at radius 3 is 2.38 bits per heavy atom. The van der Waals surface area contributed by atoms with Crippen molar-refractivity contribution in [2.24, 2.45) is 11.7 Å². The van der Waals surface area contributed by atoms with Gasteiger partial charge in [0.25, 0.3) is 0 Å². The van der Waals surface area contributed by atoms with Crippen LogP contribution in [0.4, 0.5) is 8.78 Å². The molecule has 1 amide bonds. The summed E-state index contributed by atoms with van der Waals surface area (Å²) < 4.78 is 34.0. The van der Waals surface area contributed by atoms with E-state index in [1.807, 2.05) is 0 Å². The predicted octanol–water partition coefficient (Wildman–Crippen LogP) is 3.07. The number of benzene rings is 1. The molecule has 1 aromatic carbocycles. The maximum atomic E-state index is 14.3. The minimum atomic E-state index is -0.680. The van der Waals surface area contributed by atoms with Gasteiger partial charge in [-0.2, -0.15) is 0 Å². The average molecular weight is 389 g/mol. The third-order valence-electron chi connectivity index (χ3n) is 5.73. The molecule has 7 heteroatoms. The van der Waals surface area contributed by atoms with Gasteiger partial charge in [-0.05, 0) is 43.7 Å². The van der Waals surface area contributed by atoms with Crippen LogP contribution in [0.3, 0.4) is 0 Å². The highest BCUT2D eigenvalue weighted by Crippen LogP contribution is 2.42. The van der Waals surface area contributed by atoms with E-state index >= 15 is 0 Å². The zero-order valence-electron chi connectivity index (χ0n) is 14.8. The number of amides is 1. The van der Waals surface area contributed by atoms with Crippen molar-refractivity contribution in [3.63, 3.8) is 0 Å². The molecule has 1 saturated carbocycles. The SMILES string of the molecule is Cl.NC(C(=O)NCC1(c2c(F)cccc2F)CCCC1)C1CCOCC1. The molecule has 146 valence electrons. The van der Waals surface area contributed by atoms with E-state index in [0.29, 0.717) is 26.1 Å². The van der Waals surface area contributed by atoms with Crippen molar-refractivity contribution in [1.82, 2.24) is 5.32 Å². The summed E-state index contributed by atoms with van der Waals surface area (Å²) in [6, 6.07) is 3.34. The van der Waals surface area contributed by atoms with E-state index in [-0.39, 0.29) is 36.3 Å². The molecular formula is C19H27ClF2N2O2. The lowest BCUT2D eigenvalue weighted by atomic mass is 9.78. The van der Waals surface area contributed by atoms with Crippen molar-refractivity contribution in [2.75, 3.05) is 19.8 Å². The van der Waals surface area contributed by atoms with Crippen LogP contribution in [0.5, 0.6) is 0 Å². The highest BCUT2D eigenvalue weighted by atomic mass is 35.5. The molecule has 1 unspecified atom stereocenters. The van der Waals surface area contributed by atoms with Crippen LogP contribution in [0.1, 0.15) is 44.1 Å². The number of halogens is 3. The summed E-state index contributed by atoms with van der Waals surface area (Å²) in [6.07, 6.45) is 4.66. The molecule has 4 nitrogen and oxygen atoms in total. The first-order chi connectivity index (χ1) is 12.0. The standard InChI is InChI=1S/C19H26F2N2O2.ClH/c20-14-4-3-5-15(21)16(14)19(8-1-2-9-19)12-23-18(24)17(22)13-6-10-25-11-7-13;/h3-5,13,17H,1-2,6-12,22H2,(H,23,24);1H. The fraction of sp³-hybridized carbons (Fsp3) is 0.632. The predicted molar refractivity (Wildman–Crippen MR) is 98.3 cm³/mol. The lowest BCUT2D eigenvalue weighted by Crippen LogP contribution is -2.50. The second kappa shape index (κ2) is 9.11. The van der Waals surface area contributed by atoms with Crippen LogP contribution in [-0.2, 0) is 14.9 Å². The van der Waals surface area contributed by atoms with Crippen molar-refractivity contribution in [1.29, 1.82) is 0 Å². The van der Waals surface area contributed by atoms with Crippen LogP contribution in [-0.4, -0.2) is 31.7 Å². The van der Waals surface area contributed by atoms with Crippen LogP contribution >= 0.6 is 12.4 Å². The number of carbonyl (C=O) groups is 1. The first kappa shape index (κ1) is 21.1. The summed E-state index contributed by atoms with van der Waals surface area (Å²) in [5.74, 6) is -1.22. The van der Waals surface area contributed by atoms with E-state index in [1.54, 1.807) is 0 Å². The van der Waals surface area contributed by atoms with Gasteiger partial charge in [0.1, 0.15) is 11.6 Å². The molecule has 0 radical (unpaired) electrons. The van der Waals surface area contributed by atoms with Crippen LogP contribution in [0.2, 0.25) is 0 Å². The first-order valence-electron chi connectivity index (χ1n) is 9.09. The number of hydrogen-bond donors (Lipinski definition) is 2. The maximum absolute atomic E-state index is 14.3. The van der Waals surface area contributed by atoms with Gasteiger partial charge in [-0.1, -0.05) is 18.9 Å². The molecule has 3 rings (SSSR count). The van der Waals surface area contributed by atoms with Crippen molar-refractivity contribution in [3.8, 4) is 0 Å². The first-order valence-corrected chi connectivity index (χ1v) is 9.09. The zero-order valence-corrected chi connectivity index (χ0v) is 15.6. The fourth-order valence-corrected chi connectivity index (χ4v) is 4.23. The summed E-state index contributed by atoms with van der Waals surface area (Å²) >= 11 is 0. The van der Waals surface area contributed by atoms with Crippen molar-refractivity contribution >= 4 is 18.3 Å². The average Bonchev–Trinajstić information content (AvgIpc) is 3.09. The van der Waals surface area contributed by atoms with Crippen LogP contribution in [0.15, 0.2) is 18.2 Å². The van der Waals surface area contributed by atoms with Gasteiger partial charge < -0.3 is 15.8 Å². The number of nitrogens with one attached hydrogen (secondary N) is 1. The Hall–Kier alpha value is -1.24. The topological polar surface area (TPSA) is 64.4 Å². The lowest BCUT2D eigenvalue weighted by molar-refractivity contribution is -0.124. The number of nitrogens with two attached hydrogens (primary N) is 1. The zero-order chi connectivity index (χ0) is 17.9. The van der Waals surface area contributed by atoms with Gasteiger partial charge in [0.15, 0.2) is 0 Å². The molecule has 0 aromatic heterocycles. The number of rotatable bonds is 5. The van der Waals surface area contributed by atoms with E-state index in [0.717, 1.165) is 25.7 Å². The number of ether oxygens (including phenoxy) is 1. The molecule has 3 N–H and O–H groups in total. The van der Waals surface area contributed by atoms with Crippen LogP contribution < -0.4 is 11.1 Å². The van der Waals surface area contributed by atoms with Crippen LogP contribution in [0, 0.1) is 17.6 Å². The van der Waals surface area contributed by atoms with E-state index in [4.69, 9.17) is 10.5 Å². The molecule has 1 aromatic rings. The van der Waals surface area contributed by atoms with E-state index < -0.39 is 23.1 Å². The summed E-state index contributed by atoms with van der Waals surface area (Å²) in [5.41, 5.74) is 5.53. The molecular weight excluding hydrogens is 362 g/mol. The third kappa shape index (κ3) is 4.35. The quantitative estimate of drug-likeness (QED) is 0.814. The molecule has 1 saturated heterocycles. The minimum Gasteiger partial charge on any atom is -0.381 e. The van der Waals surface area contributed by atoms with Gasteiger partial charge in [-0.25, -0.2) is 8.78 Å². The highest BCUT2D eigenvalue weighted by Gasteiger charge is 2.40. The Morgan fingerprint density at radius 1 is 1.23 bits per heavy atom. The molecule has 0 spiro atoms. The molecule has 1 aliphatic carbocycles. The van der Waals surface area contributed by atoms with Gasteiger partial charge in [0.2, 0.25) is 5.91 Å². The van der Waals surface area contributed by atoms with Gasteiger partial charge in [0, 0.05) is 30.7 Å². The van der Waals surface area contributed by atoms with E-state index in [2.05, 4.69) is 5.32 Å². The monoisotopic (exact) mass is 388 g/mol. The summed E-state index contributed by atoms with van der Waals surface area (Å²) in [7, 11) is 0. The second-order valence-electron chi connectivity index (χ2n) is 7.28. The summed E-state index contributed by atoms with van der Waals surface area (Å²) in [6.45, 7) is 1.46. The normalized spacial score (nSPS) is 21.0. The third-order valence-corrected chi connectivity index (χ3v) is 5.73. The smallest absolute Gasteiger partial charge is 0.237 e. The number of carbonyl (C=O) groups excluding carboxylic acids is 1. The Kier molecular flexibility index (Phi) is 7.38. The van der Waals surface area contributed by atoms with Gasteiger partial charge in [-0.3, -0.25) is 4.79 Å². The Balaban J connectivity index is 0.00000243. The molecule has 0 bridgehead atoms. The van der Waals surface area contributed by atoms with Crippen molar-refractivity contribution < 1.29 is 18.3 Å². The van der Waals surface area contributed by atoms with Gasteiger partial charge in [-0.15, -0.1) is 12.4 Å². The van der Waals surface area contributed by atoms with Crippen molar-refractivity contribution in [3.05, 3.63) is 35.4 Å². The van der Waals surface area contributed by atoms with Gasteiger partial charge >= 0.3 is 0 Å². The highest BCUT2D eigenvalue weighted by molar-refractivity contribution is 5.85. The molecule has 26 heavy (non-hydrogen) atoms. The Labute approximate surface area is 159 Å². The second-order valence-corrected chi connectivity index (χ2v) is 7.28.